The topological polar surface area (TPSA) is 69.9 Å². The second-order valence-corrected chi connectivity index (χ2v) is 4.48. The summed E-state index contributed by atoms with van der Waals surface area (Å²) in [5.74, 6) is -0.487. The number of carbonyl (C=O) groups is 1. The third kappa shape index (κ3) is 2.81. The summed E-state index contributed by atoms with van der Waals surface area (Å²) in [6, 6.07) is 10.5. The number of Topliss-reactive ketones (excluding diaryl/α,β-unsaturated/α-hetero) is 1. The smallest absolute Gasteiger partial charge is 0.186 e. The average molecular weight is 266 g/mol. The van der Waals surface area contributed by atoms with Gasteiger partial charge in [0.05, 0.1) is 11.8 Å². The molecular formula is C15H14N4O. The Morgan fingerprint density at radius 2 is 2.05 bits per heavy atom. The van der Waals surface area contributed by atoms with Crippen LogP contribution in [0.4, 0.5) is 5.82 Å². The molecule has 0 spiro atoms. The number of aromatic nitrogens is 2. The van der Waals surface area contributed by atoms with Crippen molar-refractivity contribution in [1.82, 2.24) is 9.97 Å². The van der Waals surface area contributed by atoms with E-state index in [1.165, 1.54) is 0 Å². The molecule has 100 valence electrons. The van der Waals surface area contributed by atoms with E-state index in [0.717, 1.165) is 0 Å². The summed E-state index contributed by atoms with van der Waals surface area (Å²) in [5, 5.41) is 9.25. The second-order valence-electron chi connectivity index (χ2n) is 4.48. The molecule has 2 aromatic rings. The molecule has 20 heavy (non-hydrogen) atoms. The fourth-order valence-corrected chi connectivity index (χ4v) is 1.79. The molecule has 0 aromatic carbocycles. The summed E-state index contributed by atoms with van der Waals surface area (Å²) in [7, 11) is 3.69. The van der Waals surface area contributed by atoms with Crippen molar-refractivity contribution in [2.75, 3.05) is 19.0 Å². The normalized spacial score (nSPS) is 11.4. The van der Waals surface area contributed by atoms with Crippen LogP contribution in [0.15, 0.2) is 42.7 Å². The Morgan fingerprint density at radius 3 is 2.65 bits per heavy atom. The number of pyridine rings is 2. The Balaban J connectivity index is 2.35. The minimum Gasteiger partial charge on any atom is -0.363 e. The maximum absolute atomic E-state index is 12.4. The van der Waals surface area contributed by atoms with Crippen molar-refractivity contribution in [3.63, 3.8) is 0 Å². The van der Waals surface area contributed by atoms with Crippen LogP contribution >= 0.6 is 0 Å². The second kappa shape index (κ2) is 5.93. The molecule has 0 N–H and O–H groups in total. The summed E-state index contributed by atoms with van der Waals surface area (Å²) in [6.07, 6.45) is 3.14. The monoisotopic (exact) mass is 266 g/mol. The highest BCUT2D eigenvalue weighted by Gasteiger charge is 2.23. The van der Waals surface area contributed by atoms with Crippen LogP contribution in [0.2, 0.25) is 0 Å². The van der Waals surface area contributed by atoms with Gasteiger partial charge in [-0.05, 0) is 24.3 Å². The van der Waals surface area contributed by atoms with Crippen LogP contribution in [-0.4, -0.2) is 29.8 Å². The number of ketones is 1. The molecule has 5 nitrogen and oxygen atoms in total. The zero-order valence-electron chi connectivity index (χ0n) is 11.3. The van der Waals surface area contributed by atoms with Gasteiger partial charge >= 0.3 is 0 Å². The summed E-state index contributed by atoms with van der Waals surface area (Å²) >= 11 is 0. The van der Waals surface area contributed by atoms with Gasteiger partial charge in [0, 0.05) is 32.1 Å². The molecule has 0 aliphatic rings. The van der Waals surface area contributed by atoms with Gasteiger partial charge in [0.2, 0.25) is 0 Å². The van der Waals surface area contributed by atoms with E-state index in [-0.39, 0.29) is 5.78 Å². The van der Waals surface area contributed by atoms with Gasteiger partial charge in [-0.2, -0.15) is 5.26 Å². The number of hydrogen-bond donors (Lipinski definition) is 0. The number of rotatable bonds is 4. The highest BCUT2D eigenvalue weighted by atomic mass is 16.1. The largest absolute Gasteiger partial charge is 0.363 e. The van der Waals surface area contributed by atoms with Crippen molar-refractivity contribution in [2.24, 2.45) is 0 Å². The lowest BCUT2D eigenvalue weighted by Crippen LogP contribution is -2.15. The molecule has 0 unspecified atom stereocenters. The molecule has 0 aliphatic heterocycles. The number of nitrogens with zero attached hydrogens (tertiary/aromatic N) is 4. The Kier molecular flexibility index (Phi) is 4.06. The minimum atomic E-state index is -0.895. The number of carbonyl (C=O) groups excluding carboxylic acids is 1. The molecule has 0 amide bonds. The van der Waals surface area contributed by atoms with Gasteiger partial charge in [-0.25, -0.2) is 4.98 Å². The van der Waals surface area contributed by atoms with Crippen LogP contribution in [0.3, 0.4) is 0 Å². The van der Waals surface area contributed by atoms with Crippen LogP contribution in [0.1, 0.15) is 22.0 Å². The predicted molar refractivity (Wildman–Crippen MR) is 75.5 cm³/mol. The van der Waals surface area contributed by atoms with Crippen molar-refractivity contribution in [3.8, 4) is 6.07 Å². The van der Waals surface area contributed by atoms with E-state index in [1.54, 1.807) is 47.6 Å². The summed E-state index contributed by atoms with van der Waals surface area (Å²) in [6.45, 7) is 0. The molecule has 2 heterocycles. The van der Waals surface area contributed by atoms with E-state index in [9.17, 15) is 10.1 Å². The van der Waals surface area contributed by atoms with Crippen molar-refractivity contribution >= 4 is 11.6 Å². The van der Waals surface area contributed by atoms with Gasteiger partial charge in [0.1, 0.15) is 5.82 Å². The maximum atomic E-state index is 12.4. The Morgan fingerprint density at radius 1 is 1.25 bits per heavy atom. The third-order valence-corrected chi connectivity index (χ3v) is 2.86. The molecule has 0 saturated heterocycles. The summed E-state index contributed by atoms with van der Waals surface area (Å²) in [4.78, 5) is 22.5. The van der Waals surface area contributed by atoms with E-state index in [2.05, 4.69) is 9.97 Å². The van der Waals surface area contributed by atoms with Crippen LogP contribution < -0.4 is 4.90 Å². The highest BCUT2D eigenvalue weighted by molar-refractivity contribution is 6.02. The standard InChI is InChI=1S/C15H14N4O/c1-19(2)14-9-11(6-8-18-14)15(20)12(10-16)13-5-3-4-7-17-13/h3-9,12H,1-2H3/t12-/m1/s1. The first-order valence-corrected chi connectivity index (χ1v) is 6.11. The molecule has 5 heteroatoms. The molecule has 2 aromatic heterocycles. The van der Waals surface area contributed by atoms with Crippen LogP contribution in [0, 0.1) is 11.3 Å². The lowest BCUT2D eigenvalue weighted by Gasteiger charge is -2.13. The van der Waals surface area contributed by atoms with Gasteiger partial charge in [-0.1, -0.05) is 6.07 Å². The van der Waals surface area contributed by atoms with Crippen LogP contribution in [0.5, 0.6) is 0 Å². The Hall–Kier alpha value is -2.74. The lowest BCUT2D eigenvalue weighted by molar-refractivity contribution is 0.0977. The quantitative estimate of drug-likeness (QED) is 0.792. The van der Waals surface area contributed by atoms with Crippen molar-refractivity contribution in [2.45, 2.75) is 5.92 Å². The van der Waals surface area contributed by atoms with E-state index in [4.69, 9.17) is 0 Å². The van der Waals surface area contributed by atoms with Crippen LogP contribution in [-0.2, 0) is 0 Å². The van der Waals surface area contributed by atoms with Crippen molar-refractivity contribution < 1.29 is 4.79 Å². The zero-order valence-corrected chi connectivity index (χ0v) is 11.3. The van der Waals surface area contributed by atoms with Crippen LogP contribution in [0.25, 0.3) is 0 Å². The maximum Gasteiger partial charge on any atom is 0.186 e. The van der Waals surface area contributed by atoms with Gasteiger partial charge in [0.25, 0.3) is 0 Å². The van der Waals surface area contributed by atoms with Gasteiger partial charge < -0.3 is 4.90 Å². The van der Waals surface area contributed by atoms with E-state index in [1.807, 2.05) is 20.2 Å². The average Bonchev–Trinajstić information content (AvgIpc) is 2.49. The fourth-order valence-electron chi connectivity index (χ4n) is 1.79. The zero-order chi connectivity index (χ0) is 14.5. The number of hydrogen-bond acceptors (Lipinski definition) is 5. The molecule has 2 rings (SSSR count). The molecule has 0 saturated carbocycles. The van der Waals surface area contributed by atoms with Gasteiger partial charge in [-0.3, -0.25) is 9.78 Å². The minimum absolute atomic E-state index is 0.267. The highest BCUT2D eigenvalue weighted by Crippen LogP contribution is 2.20. The first-order chi connectivity index (χ1) is 9.63. The first-order valence-electron chi connectivity index (χ1n) is 6.11. The Bertz CT molecular complexity index is 646. The van der Waals surface area contributed by atoms with Crippen molar-refractivity contribution in [3.05, 3.63) is 54.0 Å². The lowest BCUT2D eigenvalue weighted by atomic mass is 9.96. The summed E-state index contributed by atoms with van der Waals surface area (Å²) < 4.78 is 0. The van der Waals surface area contributed by atoms with Crippen molar-refractivity contribution in [1.29, 1.82) is 5.26 Å². The number of nitriles is 1. The van der Waals surface area contributed by atoms with E-state index in [0.29, 0.717) is 17.1 Å². The predicted octanol–water partition coefficient (Wildman–Crippen LogP) is 2.03. The van der Waals surface area contributed by atoms with E-state index >= 15 is 0 Å². The third-order valence-electron chi connectivity index (χ3n) is 2.86. The molecule has 1 atom stereocenters. The molecular weight excluding hydrogens is 252 g/mol. The van der Waals surface area contributed by atoms with E-state index < -0.39 is 5.92 Å². The van der Waals surface area contributed by atoms with Gasteiger partial charge in [0.15, 0.2) is 11.7 Å². The molecule has 0 radical (unpaired) electrons. The SMILES string of the molecule is CN(C)c1cc(C(=O)[C@H](C#N)c2ccccn2)ccn1. The fraction of sp³-hybridized carbons (Fsp3) is 0.200. The first kappa shape index (κ1) is 13.7. The Labute approximate surface area is 117 Å². The summed E-state index contributed by atoms with van der Waals surface area (Å²) in [5.41, 5.74) is 0.920. The molecule has 0 fully saturated rings. The molecule has 0 aliphatic carbocycles. The van der Waals surface area contributed by atoms with Gasteiger partial charge in [-0.15, -0.1) is 0 Å². The number of anilines is 1. The molecule has 0 bridgehead atoms.